The van der Waals surface area contributed by atoms with Gasteiger partial charge in [0.05, 0.1) is 41.8 Å². The molecular weight excluding hydrogens is 703 g/mol. The molecule has 1 N–H and O–H groups in total. The van der Waals surface area contributed by atoms with E-state index in [4.69, 9.17) is 9.15 Å². The van der Waals surface area contributed by atoms with E-state index in [1.807, 2.05) is 24.3 Å². The standard InChI is InChI=1S/C47H61N3O4S/c1-5-8-10-12-14-16-18-20-28-49-40-31-35(43-23-22-30-55-43)24-26-39(40)48(7-3)44(49)33-37-46(51)38(47(37)52)34-45-50(29-21-19-17-15-13-11-9-6-2)41-32-36(53-4)25-27-42(41)54-45/h22-27,30-34H,5-21,28-29H2,1-4H3/p+1. The number of fused-ring (bicyclic) bond motifs is 2. The van der Waals surface area contributed by atoms with Crippen LogP contribution in [-0.4, -0.2) is 31.1 Å². The Morgan fingerprint density at radius 1 is 0.782 bits per heavy atom. The highest BCUT2D eigenvalue weighted by Gasteiger charge is 2.38. The molecule has 7 nitrogen and oxygen atoms in total. The van der Waals surface area contributed by atoms with Crippen molar-refractivity contribution in [1.82, 2.24) is 0 Å². The van der Waals surface area contributed by atoms with Crippen molar-refractivity contribution < 1.29 is 23.6 Å². The fourth-order valence-electron chi connectivity index (χ4n) is 8.00. The van der Waals surface area contributed by atoms with Gasteiger partial charge in [0.15, 0.2) is 6.54 Å². The Kier molecular flexibility index (Phi) is 14.7. The van der Waals surface area contributed by atoms with Crippen molar-refractivity contribution in [2.24, 2.45) is 0 Å². The van der Waals surface area contributed by atoms with Gasteiger partial charge >= 0.3 is 5.89 Å². The molecule has 0 spiro atoms. The minimum atomic E-state index is -0.167. The number of thiophene rings is 1. The molecule has 0 saturated carbocycles. The molecule has 2 aromatic carbocycles. The van der Waals surface area contributed by atoms with Gasteiger partial charge in [-0.15, -0.1) is 11.3 Å². The molecule has 0 fully saturated rings. The summed E-state index contributed by atoms with van der Waals surface area (Å²) in [6.45, 7) is 9.02. The highest BCUT2D eigenvalue weighted by molar-refractivity contribution is 7.13. The largest absolute Gasteiger partial charge is 0.506 e. The van der Waals surface area contributed by atoms with Gasteiger partial charge in [0.2, 0.25) is 11.4 Å². The molecule has 0 bridgehead atoms. The summed E-state index contributed by atoms with van der Waals surface area (Å²) < 4.78 is 14.0. The topological polar surface area (TPSA) is 70.0 Å². The molecule has 6 rings (SSSR count). The number of aryl methyl sites for hydroxylation is 1. The number of anilines is 2. The summed E-state index contributed by atoms with van der Waals surface area (Å²) in [6.07, 6.45) is 23.4. The number of hydrogen-bond donors (Lipinski definition) is 1. The van der Waals surface area contributed by atoms with Crippen molar-refractivity contribution in [3.05, 3.63) is 88.6 Å². The van der Waals surface area contributed by atoms with Gasteiger partial charge in [0.25, 0.3) is 5.52 Å². The van der Waals surface area contributed by atoms with Crippen LogP contribution in [0.2, 0.25) is 0 Å². The third-order valence-electron chi connectivity index (χ3n) is 11.2. The molecule has 294 valence electrons. The lowest BCUT2D eigenvalue weighted by Gasteiger charge is -2.27. The zero-order valence-corrected chi connectivity index (χ0v) is 34.5. The van der Waals surface area contributed by atoms with E-state index in [0.29, 0.717) is 11.5 Å². The molecule has 55 heavy (non-hydrogen) atoms. The number of ketones is 1. The summed E-state index contributed by atoms with van der Waals surface area (Å²) in [6, 6.07) is 16.7. The van der Waals surface area contributed by atoms with Crippen molar-refractivity contribution >= 4 is 45.7 Å². The van der Waals surface area contributed by atoms with Crippen LogP contribution in [0.3, 0.4) is 0 Å². The lowest BCUT2D eigenvalue weighted by atomic mass is 9.87. The first-order valence-electron chi connectivity index (χ1n) is 21.1. The number of oxazole rings is 1. The second-order valence-corrected chi connectivity index (χ2v) is 16.1. The van der Waals surface area contributed by atoms with E-state index in [9.17, 15) is 9.90 Å². The lowest BCUT2D eigenvalue weighted by molar-refractivity contribution is -0.678. The number of aromatic nitrogens is 1. The Labute approximate surface area is 333 Å². The van der Waals surface area contributed by atoms with E-state index in [2.05, 4.69) is 70.9 Å². The van der Waals surface area contributed by atoms with E-state index in [1.165, 1.54) is 93.9 Å². The average molecular weight is 765 g/mol. The number of Topliss-reactive ketones (excluding diaryl/α,β-unsaturated/α-hetero) is 1. The monoisotopic (exact) mass is 764 g/mol. The number of benzene rings is 2. The quantitative estimate of drug-likeness (QED) is 0.0461. The predicted octanol–water partition coefficient (Wildman–Crippen LogP) is 12.7. The summed E-state index contributed by atoms with van der Waals surface area (Å²) in [5, 5.41) is 13.7. The van der Waals surface area contributed by atoms with E-state index < -0.39 is 0 Å². The molecule has 1 aliphatic carbocycles. The SMILES string of the molecule is CCCCCCCCCCN1/C(=C\C2=C(O)C(=C\c3oc4ccc(OC)cc4[n+]3CCCCCCCCCC)/C2=O)N(CC)c2ccc(-c3cccs3)cc21. The number of rotatable bonds is 23. The van der Waals surface area contributed by atoms with Crippen LogP contribution in [0.1, 0.15) is 129 Å². The lowest BCUT2D eigenvalue weighted by Crippen LogP contribution is -2.36. The number of aliphatic hydroxyl groups is 1. The van der Waals surface area contributed by atoms with Crippen LogP contribution in [0.25, 0.3) is 27.6 Å². The predicted molar refractivity (Wildman–Crippen MR) is 229 cm³/mol. The van der Waals surface area contributed by atoms with Crippen LogP contribution < -0.4 is 19.1 Å². The van der Waals surface area contributed by atoms with Gasteiger partial charge in [-0.2, -0.15) is 4.57 Å². The molecule has 0 atom stereocenters. The first-order valence-corrected chi connectivity index (χ1v) is 22.0. The second-order valence-electron chi connectivity index (χ2n) is 15.1. The van der Waals surface area contributed by atoms with Crippen LogP contribution >= 0.6 is 11.3 Å². The van der Waals surface area contributed by atoms with Crippen molar-refractivity contribution in [3.8, 4) is 16.2 Å². The molecule has 0 radical (unpaired) electrons. The number of unbranched alkanes of at least 4 members (excludes halogenated alkanes) is 14. The minimum Gasteiger partial charge on any atom is -0.506 e. The van der Waals surface area contributed by atoms with Gasteiger partial charge in [-0.1, -0.05) is 109 Å². The highest BCUT2D eigenvalue weighted by atomic mass is 32.1. The zero-order valence-electron chi connectivity index (χ0n) is 33.7. The Morgan fingerprint density at radius 2 is 1.47 bits per heavy atom. The van der Waals surface area contributed by atoms with E-state index >= 15 is 0 Å². The first kappa shape index (κ1) is 40.4. The normalized spacial score (nSPS) is 15.6. The molecule has 0 unspecified atom stereocenters. The number of methoxy groups -OCH3 is 1. The third-order valence-corrected chi connectivity index (χ3v) is 12.1. The summed E-state index contributed by atoms with van der Waals surface area (Å²) in [7, 11) is 1.67. The average Bonchev–Trinajstić information content (AvgIpc) is 3.94. The molecule has 4 aromatic rings. The maximum atomic E-state index is 14.0. The number of carbonyl (C=O) groups excluding carboxylic acids is 1. The molecule has 2 aromatic heterocycles. The van der Waals surface area contributed by atoms with Crippen LogP contribution in [0, 0.1) is 0 Å². The fraction of sp³-hybridized carbons (Fsp3) is 0.489. The van der Waals surface area contributed by atoms with Gasteiger partial charge in [0.1, 0.15) is 17.3 Å². The van der Waals surface area contributed by atoms with Crippen molar-refractivity contribution in [2.45, 2.75) is 130 Å². The number of aliphatic hydroxyl groups excluding tert-OH is 1. The smallest absolute Gasteiger partial charge is 0.374 e. The maximum absolute atomic E-state index is 14.0. The summed E-state index contributed by atoms with van der Waals surface area (Å²) >= 11 is 1.75. The number of carbonyl (C=O) groups is 1. The van der Waals surface area contributed by atoms with Crippen molar-refractivity contribution in [2.75, 3.05) is 30.0 Å². The molecule has 3 heterocycles. The third kappa shape index (κ3) is 9.57. The van der Waals surface area contributed by atoms with Gasteiger partial charge in [-0.3, -0.25) is 4.79 Å². The summed E-state index contributed by atoms with van der Waals surface area (Å²) in [5.74, 6) is 2.12. The van der Waals surface area contributed by atoms with Crippen molar-refractivity contribution in [1.29, 1.82) is 0 Å². The molecule has 1 aliphatic heterocycles. The Bertz CT molecular complexity index is 1970. The van der Waals surface area contributed by atoms with Gasteiger partial charge in [0, 0.05) is 24.4 Å². The Balaban J connectivity index is 1.25. The molecule has 2 aliphatic rings. The first-order chi connectivity index (χ1) is 27.0. The van der Waals surface area contributed by atoms with Gasteiger partial charge in [-0.25, -0.2) is 0 Å². The molecule has 0 amide bonds. The summed E-state index contributed by atoms with van der Waals surface area (Å²) in [5.41, 5.74) is 5.77. The molecule has 8 heteroatoms. The van der Waals surface area contributed by atoms with Gasteiger partial charge in [-0.05, 0) is 67.1 Å². The van der Waals surface area contributed by atoms with E-state index in [-0.39, 0.29) is 17.1 Å². The Morgan fingerprint density at radius 3 is 2.11 bits per heavy atom. The van der Waals surface area contributed by atoms with Crippen LogP contribution in [0.4, 0.5) is 11.4 Å². The maximum Gasteiger partial charge on any atom is 0.374 e. The highest BCUT2D eigenvalue weighted by Crippen LogP contribution is 2.46. The Hall–Kier alpha value is -4.30. The van der Waals surface area contributed by atoms with E-state index in [1.54, 1.807) is 24.5 Å². The zero-order chi connectivity index (χ0) is 38.6. The number of ether oxygens (including phenoxy) is 1. The van der Waals surface area contributed by atoms with E-state index in [0.717, 1.165) is 72.9 Å². The summed E-state index contributed by atoms with van der Waals surface area (Å²) in [4.78, 5) is 19.8. The number of allylic oxidation sites excluding steroid dienone is 3. The van der Waals surface area contributed by atoms with Crippen LogP contribution in [-0.2, 0) is 11.3 Å². The second kappa shape index (κ2) is 20.0. The van der Waals surface area contributed by atoms with Crippen molar-refractivity contribution in [3.63, 3.8) is 0 Å². The minimum absolute atomic E-state index is 0.0208. The van der Waals surface area contributed by atoms with Crippen LogP contribution in [0.5, 0.6) is 5.75 Å². The van der Waals surface area contributed by atoms with Gasteiger partial charge < -0.3 is 24.1 Å². The number of hydrogen-bond acceptors (Lipinski definition) is 7. The van der Waals surface area contributed by atoms with Crippen LogP contribution in [0.15, 0.2) is 87.1 Å². The molecular formula is C47H62N3O4S+. The number of nitrogens with zero attached hydrogens (tertiary/aromatic N) is 3. The fourth-order valence-corrected chi connectivity index (χ4v) is 8.72. The molecule has 0 saturated heterocycles.